The zero-order valence-corrected chi connectivity index (χ0v) is 10.4. The van der Waals surface area contributed by atoms with E-state index in [0.29, 0.717) is 5.89 Å². The molecule has 0 saturated carbocycles. The van der Waals surface area contributed by atoms with Gasteiger partial charge >= 0.3 is 6.18 Å². The molecule has 0 fully saturated rings. The molecule has 108 valence electrons. The van der Waals surface area contributed by atoms with Gasteiger partial charge in [-0.15, -0.1) is 0 Å². The average molecular weight is 288 g/mol. The molecule has 0 bridgehead atoms. The van der Waals surface area contributed by atoms with Gasteiger partial charge in [0.2, 0.25) is 11.7 Å². The second kappa shape index (κ2) is 5.49. The smallest absolute Gasteiger partial charge is 0.419 e. The number of aliphatic hydroxyl groups excluding tert-OH is 1. The molecule has 20 heavy (non-hydrogen) atoms. The van der Waals surface area contributed by atoms with Crippen molar-refractivity contribution in [1.29, 1.82) is 0 Å². The third kappa shape index (κ3) is 3.27. The Morgan fingerprint density at radius 2 is 2.10 bits per heavy atom. The molecule has 5 nitrogen and oxygen atoms in total. The Hall–Kier alpha value is -2.09. The maximum Gasteiger partial charge on any atom is 0.419 e. The third-order valence-corrected chi connectivity index (χ3v) is 2.46. The molecule has 1 aromatic carbocycles. The first kappa shape index (κ1) is 14.3. The van der Waals surface area contributed by atoms with Gasteiger partial charge in [-0.05, 0) is 17.7 Å². The molecule has 0 amide bonds. The molecule has 0 unspecified atom stereocenters. The monoisotopic (exact) mass is 288 g/mol. The van der Waals surface area contributed by atoms with Gasteiger partial charge in [0.25, 0.3) is 0 Å². The van der Waals surface area contributed by atoms with E-state index in [4.69, 9.17) is 14.4 Å². The molecule has 1 aromatic heterocycles. The van der Waals surface area contributed by atoms with Crippen molar-refractivity contribution in [1.82, 2.24) is 10.1 Å². The molecule has 8 heteroatoms. The molecule has 0 saturated heterocycles. The lowest BCUT2D eigenvalue weighted by atomic mass is 10.1. The van der Waals surface area contributed by atoms with Crippen molar-refractivity contribution in [2.45, 2.75) is 26.3 Å². The van der Waals surface area contributed by atoms with E-state index in [1.54, 1.807) is 6.92 Å². The molecule has 1 heterocycles. The van der Waals surface area contributed by atoms with E-state index < -0.39 is 18.3 Å². The summed E-state index contributed by atoms with van der Waals surface area (Å²) < 4.78 is 48.4. The lowest BCUT2D eigenvalue weighted by Crippen LogP contribution is -2.10. The normalized spacial score (nSPS) is 11.7. The van der Waals surface area contributed by atoms with Crippen LogP contribution in [0.5, 0.6) is 5.75 Å². The summed E-state index contributed by atoms with van der Waals surface area (Å²) in [5.74, 6) is 0.106. The van der Waals surface area contributed by atoms with E-state index >= 15 is 0 Å². The minimum absolute atomic E-state index is 0.153. The summed E-state index contributed by atoms with van der Waals surface area (Å²) in [4.78, 5) is 3.83. The van der Waals surface area contributed by atoms with Crippen LogP contribution >= 0.6 is 0 Å². The van der Waals surface area contributed by atoms with Crippen molar-refractivity contribution in [2.75, 3.05) is 0 Å². The highest BCUT2D eigenvalue weighted by molar-refractivity contribution is 5.39. The second-order valence-corrected chi connectivity index (χ2v) is 4.00. The Morgan fingerprint density at radius 1 is 1.35 bits per heavy atom. The molecule has 0 radical (unpaired) electrons. The minimum Gasteiger partial charge on any atom is -0.485 e. The number of hydrogen-bond donors (Lipinski definition) is 1. The van der Waals surface area contributed by atoms with Crippen LogP contribution < -0.4 is 4.74 Å². The second-order valence-electron chi connectivity index (χ2n) is 4.00. The zero-order valence-electron chi connectivity index (χ0n) is 10.4. The molecule has 2 aromatic rings. The number of aromatic nitrogens is 2. The Balaban J connectivity index is 2.22. The highest BCUT2D eigenvalue weighted by Gasteiger charge is 2.34. The number of aliphatic hydroxyl groups is 1. The van der Waals surface area contributed by atoms with Crippen LogP contribution in [-0.4, -0.2) is 15.2 Å². The first-order chi connectivity index (χ1) is 9.40. The van der Waals surface area contributed by atoms with Crippen molar-refractivity contribution in [2.24, 2.45) is 0 Å². The van der Waals surface area contributed by atoms with Crippen LogP contribution in [0.15, 0.2) is 22.7 Å². The van der Waals surface area contributed by atoms with Crippen LogP contribution in [0.4, 0.5) is 13.2 Å². The van der Waals surface area contributed by atoms with Crippen LogP contribution in [0.1, 0.15) is 22.8 Å². The molecule has 2 rings (SSSR count). The fourth-order valence-corrected chi connectivity index (χ4v) is 1.57. The molecule has 0 aliphatic rings. The van der Waals surface area contributed by atoms with E-state index in [-0.39, 0.29) is 23.7 Å². The number of alkyl halides is 3. The number of hydrogen-bond acceptors (Lipinski definition) is 5. The van der Waals surface area contributed by atoms with Crippen LogP contribution in [-0.2, 0) is 19.4 Å². The number of aryl methyl sites for hydroxylation is 1. The van der Waals surface area contributed by atoms with Gasteiger partial charge in [-0.25, -0.2) is 0 Å². The van der Waals surface area contributed by atoms with E-state index in [1.165, 1.54) is 6.07 Å². The Bertz CT molecular complexity index is 596. The van der Waals surface area contributed by atoms with Gasteiger partial charge in [0.05, 0.1) is 12.2 Å². The molecule has 0 aliphatic carbocycles. The topological polar surface area (TPSA) is 68.4 Å². The Morgan fingerprint density at radius 3 is 2.65 bits per heavy atom. The van der Waals surface area contributed by atoms with Crippen molar-refractivity contribution in [3.63, 3.8) is 0 Å². The van der Waals surface area contributed by atoms with Gasteiger partial charge in [-0.2, -0.15) is 18.2 Å². The molecule has 0 atom stereocenters. The number of benzene rings is 1. The fourth-order valence-electron chi connectivity index (χ4n) is 1.57. The van der Waals surface area contributed by atoms with Crippen LogP contribution in [0.2, 0.25) is 0 Å². The average Bonchev–Trinajstić information content (AvgIpc) is 2.81. The summed E-state index contributed by atoms with van der Waals surface area (Å²) in [6.07, 6.45) is -4.58. The lowest BCUT2D eigenvalue weighted by Gasteiger charge is -2.14. The van der Waals surface area contributed by atoms with E-state index in [1.807, 2.05) is 0 Å². The predicted molar refractivity (Wildman–Crippen MR) is 60.7 cm³/mol. The van der Waals surface area contributed by atoms with Crippen LogP contribution in [0.25, 0.3) is 0 Å². The largest absolute Gasteiger partial charge is 0.485 e. The lowest BCUT2D eigenvalue weighted by molar-refractivity contribution is -0.139. The highest BCUT2D eigenvalue weighted by Crippen LogP contribution is 2.37. The summed E-state index contributed by atoms with van der Waals surface area (Å²) in [5.41, 5.74) is -0.802. The number of ether oxygens (including phenoxy) is 1. The van der Waals surface area contributed by atoms with Gasteiger partial charge in [-0.1, -0.05) is 11.2 Å². The van der Waals surface area contributed by atoms with Gasteiger partial charge in [0, 0.05) is 6.92 Å². The number of rotatable bonds is 4. The quantitative estimate of drug-likeness (QED) is 0.936. The van der Waals surface area contributed by atoms with E-state index in [0.717, 1.165) is 12.1 Å². The van der Waals surface area contributed by atoms with Gasteiger partial charge < -0.3 is 14.4 Å². The first-order valence-corrected chi connectivity index (χ1v) is 5.63. The van der Waals surface area contributed by atoms with Crippen molar-refractivity contribution < 1.29 is 27.5 Å². The van der Waals surface area contributed by atoms with Gasteiger partial charge in [0.1, 0.15) is 5.75 Å². The van der Waals surface area contributed by atoms with E-state index in [2.05, 4.69) is 10.1 Å². The minimum atomic E-state index is -4.58. The Kier molecular flexibility index (Phi) is 3.93. The van der Waals surface area contributed by atoms with Gasteiger partial charge in [0.15, 0.2) is 6.61 Å². The summed E-state index contributed by atoms with van der Waals surface area (Å²) in [6, 6.07) is 3.35. The highest BCUT2D eigenvalue weighted by atomic mass is 19.4. The SMILES string of the molecule is Cc1nc(COc2ccc(CO)cc2C(F)(F)F)no1. The standard InChI is InChI=1S/C12H11F3N2O3/c1-7-16-11(17-20-7)6-19-10-3-2-8(5-18)4-9(10)12(13,14)15/h2-4,18H,5-6H2,1H3. The molecule has 1 N–H and O–H groups in total. The van der Waals surface area contributed by atoms with Crippen molar-refractivity contribution in [3.8, 4) is 5.75 Å². The summed E-state index contributed by atoms with van der Waals surface area (Å²) in [7, 11) is 0. The molecular weight excluding hydrogens is 277 g/mol. The predicted octanol–water partition coefficient (Wildman–Crippen LogP) is 2.47. The zero-order chi connectivity index (χ0) is 14.8. The number of nitrogens with zero attached hydrogens (tertiary/aromatic N) is 2. The maximum absolute atomic E-state index is 12.9. The molecule has 0 spiro atoms. The summed E-state index contributed by atoms with van der Waals surface area (Å²) in [6.45, 7) is 0.847. The molecular formula is C12H11F3N2O3. The summed E-state index contributed by atoms with van der Waals surface area (Å²) >= 11 is 0. The van der Waals surface area contributed by atoms with Crippen molar-refractivity contribution >= 4 is 0 Å². The fraction of sp³-hybridized carbons (Fsp3) is 0.333. The molecule has 0 aliphatic heterocycles. The van der Waals surface area contributed by atoms with Gasteiger partial charge in [-0.3, -0.25) is 0 Å². The third-order valence-electron chi connectivity index (χ3n) is 2.46. The Labute approximate surface area is 112 Å². The summed E-state index contributed by atoms with van der Waals surface area (Å²) in [5, 5.41) is 12.4. The van der Waals surface area contributed by atoms with E-state index in [9.17, 15) is 13.2 Å². The van der Waals surface area contributed by atoms with Crippen LogP contribution in [0.3, 0.4) is 0 Å². The van der Waals surface area contributed by atoms with Crippen molar-refractivity contribution in [3.05, 3.63) is 41.0 Å². The first-order valence-electron chi connectivity index (χ1n) is 5.63. The number of halogens is 3. The maximum atomic E-state index is 12.9. The van der Waals surface area contributed by atoms with Crippen LogP contribution in [0, 0.1) is 6.92 Å².